The van der Waals surface area contributed by atoms with Gasteiger partial charge in [0.2, 0.25) is 15.9 Å². The van der Waals surface area contributed by atoms with Gasteiger partial charge in [0.15, 0.2) is 0 Å². The first-order valence-electron chi connectivity index (χ1n) is 10.4. The molecule has 0 aliphatic carbocycles. The van der Waals surface area contributed by atoms with Gasteiger partial charge < -0.3 is 14.8 Å². The maximum absolute atomic E-state index is 12.6. The Kier molecular flexibility index (Phi) is 7.95. The number of nitrogens with zero attached hydrogens (tertiary/aromatic N) is 1. The molecule has 0 radical (unpaired) electrons. The van der Waals surface area contributed by atoms with E-state index in [-0.39, 0.29) is 12.6 Å². The number of carbonyl (C=O) groups is 1. The van der Waals surface area contributed by atoms with E-state index < -0.39 is 15.9 Å². The smallest absolute Gasteiger partial charge is 0.241 e. The highest BCUT2D eigenvalue weighted by molar-refractivity contribution is 7.92. The molecule has 33 heavy (non-hydrogen) atoms. The highest BCUT2D eigenvalue weighted by Gasteiger charge is 2.22. The molecule has 1 unspecified atom stereocenters. The quantitative estimate of drug-likeness (QED) is 0.488. The van der Waals surface area contributed by atoms with Crippen LogP contribution in [0.25, 0.3) is 0 Å². The molecule has 3 rings (SSSR count). The number of sulfonamides is 1. The van der Waals surface area contributed by atoms with Crippen LogP contribution in [0.5, 0.6) is 11.5 Å². The van der Waals surface area contributed by atoms with Crippen molar-refractivity contribution in [3.05, 3.63) is 90.0 Å². The van der Waals surface area contributed by atoms with E-state index in [2.05, 4.69) is 5.32 Å². The van der Waals surface area contributed by atoms with Gasteiger partial charge in [0.05, 0.1) is 25.1 Å². The van der Waals surface area contributed by atoms with Gasteiger partial charge in [-0.1, -0.05) is 42.5 Å². The summed E-state index contributed by atoms with van der Waals surface area (Å²) in [4.78, 5) is 12.6. The lowest BCUT2D eigenvalue weighted by Crippen LogP contribution is -2.41. The maximum atomic E-state index is 12.6. The molecule has 0 aliphatic rings. The summed E-state index contributed by atoms with van der Waals surface area (Å²) in [6.45, 7) is 1.91. The molecular weight excluding hydrogens is 440 g/mol. The molecule has 7 nitrogen and oxygen atoms in total. The van der Waals surface area contributed by atoms with Crippen molar-refractivity contribution < 1.29 is 22.7 Å². The third-order valence-electron chi connectivity index (χ3n) is 5.05. The van der Waals surface area contributed by atoms with Gasteiger partial charge in [-0.3, -0.25) is 9.10 Å². The summed E-state index contributed by atoms with van der Waals surface area (Å²) in [6, 6.07) is 23.4. The molecule has 0 aromatic heterocycles. The zero-order valence-electron chi connectivity index (χ0n) is 18.9. The minimum atomic E-state index is -3.68. The molecule has 8 heteroatoms. The monoisotopic (exact) mass is 468 g/mol. The van der Waals surface area contributed by atoms with Crippen molar-refractivity contribution in [3.63, 3.8) is 0 Å². The summed E-state index contributed by atoms with van der Waals surface area (Å²) in [6.07, 6.45) is 1.08. The molecule has 3 aromatic carbocycles. The lowest BCUT2D eigenvalue weighted by atomic mass is 10.1. The van der Waals surface area contributed by atoms with Gasteiger partial charge >= 0.3 is 0 Å². The lowest BCUT2D eigenvalue weighted by Gasteiger charge is -2.23. The molecule has 1 N–H and O–H groups in total. The fourth-order valence-corrected chi connectivity index (χ4v) is 4.10. The van der Waals surface area contributed by atoms with Gasteiger partial charge in [0.1, 0.15) is 24.7 Å². The van der Waals surface area contributed by atoms with Crippen LogP contribution in [0, 0.1) is 0 Å². The topological polar surface area (TPSA) is 84.9 Å². The van der Waals surface area contributed by atoms with Gasteiger partial charge in [0.25, 0.3) is 0 Å². The van der Waals surface area contributed by atoms with Gasteiger partial charge in [-0.05, 0) is 54.4 Å². The number of amides is 1. The minimum Gasteiger partial charge on any atom is -0.497 e. The maximum Gasteiger partial charge on any atom is 0.241 e. The van der Waals surface area contributed by atoms with Crippen LogP contribution in [0.1, 0.15) is 24.1 Å². The number of benzene rings is 3. The molecule has 0 spiro atoms. The van der Waals surface area contributed by atoms with Gasteiger partial charge in [-0.2, -0.15) is 0 Å². The third kappa shape index (κ3) is 6.98. The van der Waals surface area contributed by atoms with Crippen molar-refractivity contribution in [1.82, 2.24) is 5.32 Å². The second-order valence-electron chi connectivity index (χ2n) is 7.60. The standard InChI is InChI=1S/C25H28N2O5S/c1-19(21-9-13-23(31-2)14-10-21)26-25(28)17-27(33(3,29)30)22-11-15-24(16-12-22)32-18-20-7-5-4-6-8-20/h4-16,19H,17-18H2,1-3H3,(H,26,28). The molecular formula is C25H28N2O5S. The molecule has 0 bridgehead atoms. The van der Waals surface area contributed by atoms with E-state index in [1.54, 1.807) is 31.4 Å². The Morgan fingerprint density at radius 3 is 2.12 bits per heavy atom. The minimum absolute atomic E-state index is 0.293. The normalized spacial score (nSPS) is 12.0. The number of ether oxygens (including phenoxy) is 2. The van der Waals surface area contributed by atoms with Crippen molar-refractivity contribution >= 4 is 21.6 Å². The van der Waals surface area contributed by atoms with Gasteiger partial charge in [0, 0.05) is 0 Å². The van der Waals surface area contributed by atoms with Crippen LogP contribution >= 0.6 is 0 Å². The van der Waals surface area contributed by atoms with Gasteiger partial charge in [-0.25, -0.2) is 8.42 Å². The fourth-order valence-electron chi connectivity index (χ4n) is 3.24. The Hall–Kier alpha value is -3.52. The molecule has 1 amide bonds. The first-order valence-corrected chi connectivity index (χ1v) is 12.3. The lowest BCUT2D eigenvalue weighted by molar-refractivity contribution is -0.120. The number of methoxy groups -OCH3 is 1. The summed E-state index contributed by atoms with van der Waals surface area (Å²) >= 11 is 0. The first-order chi connectivity index (χ1) is 15.8. The SMILES string of the molecule is COc1ccc(C(C)NC(=O)CN(c2ccc(OCc3ccccc3)cc2)S(C)(=O)=O)cc1. The van der Waals surface area contributed by atoms with Crippen LogP contribution in [0.3, 0.4) is 0 Å². The Morgan fingerprint density at radius 1 is 0.939 bits per heavy atom. The number of hydrogen-bond acceptors (Lipinski definition) is 5. The van der Waals surface area contributed by atoms with E-state index in [1.807, 2.05) is 61.5 Å². The summed E-state index contributed by atoms with van der Waals surface area (Å²) in [5, 5.41) is 2.85. The zero-order valence-corrected chi connectivity index (χ0v) is 19.7. The predicted octanol–water partition coefficient (Wildman–Crippen LogP) is 3.92. The number of rotatable bonds is 10. The summed E-state index contributed by atoms with van der Waals surface area (Å²) < 4.78 is 36.8. The summed E-state index contributed by atoms with van der Waals surface area (Å²) in [5.41, 5.74) is 2.30. The molecule has 0 saturated carbocycles. The molecule has 0 saturated heterocycles. The Morgan fingerprint density at radius 2 is 1.55 bits per heavy atom. The number of carbonyl (C=O) groups excluding carboxylic acids is 1. The van der Waals surface area contributed by atoms with Crippen molar-refractivity contribution in [2.75, 3.05) is 24.2 Å². The second-order valence-corrected chi connectivity index (χ2v) is 9.51. The van der Waals surface area contributed by atoms with Crippen LogP contribution in [0.4, 0.5) is 5.69 Å². The summed E-state index contributed by atoms with van der Waals surface area (Å²) in [5.74, 6) is 0.915. The Bertz CT molecular complexity index is 1150. The predicted molar refractivity (Wildman–Crippen MR) is 129 cm³/mol. The summed E-state index contributed by atoms with van der Waals surface area (Å²) in [7, 11) is -2.09. The van der Waals surface area contributed by atoms with E-state index in [0.717, 1.165) is 27.4 Å². The largest absolute Gasteiger partial charge is 0.497 e. The Balaban J connectivity index is 1.64. The molecule has 0 fully saturated rings. The van der Waals surface area contributed by atoms with Crippen molar-refractivity contribution in [1.29, 1.82) is 0 Å². The highest BCUT2D eigenvalue weighted by atomic mass is 32.2. The second kappa shape index (κ2) is 10.9. The van der Waals surface area contributed by atoms with E-state index >= 15 is 0 Å². The van der Waals surface area contributed by atoms with Crippen LogP contribution in [0.15, 0.2) is 78.9 Å². The highest BCUT2D eigenvalue weighted by Crippen LogP contribution is 2.23. The average molecular weight is 469 g/mol. The third-order valence-corrected chi connectivity index (χ3v) is 6.19. The Labute approximate surface area is 195 Å². The van der Waals surface area contributed by atoms with Crippen LogP contribution in [-0.2, 0) is 21.4 Å². The van der Waals surface area contributed by atoms with Gasteiger partial charge in [-0.15, -0.1) is 0 Å². The number of hydrogen-bond donors (Lipinski definition) is 1. The van der Waals surface area contributed by atoms with Crippen molar-refractivity contribution in [2.24, 2.45) is 0 Å². The molecule has 3 aromatic rings. The number of anilines is 1. The molecule has 174 valence electrons. The first kappa shape index (κ1) is 24.1. The van der Waals surface area contributed by atoms with Crippen molar-refractivity contribution in [3.8, 4) is 11.5 Å². The van der Waals surface area contributed by atoms with E-state index in [4.69, 9.17) is 9.47 Å². The van der Waals surface area contributed by atoms with E-state index in [1.165, 1.54) is 0 Å². The number of nitrogens with one attached hydrogen (secondary N) is 1. The van der Waals surface area contributed by atoms with Crippen molar-refractivity contribution in [2.45, 2.75) is 19.6 Å². The molecule has 0 aliphatic heterocycles. The molecule has 1 atom stereocenters. The van der Waals surface area contributed by atoms with Crippen LogP contribution in [0.2, 0.25) is 0 Å². The fraction of sp³-hybridized carbons (Fsp3) is 0.240. The van der Waals surface area contributed by atoms with E-state index in [0.29, 0.717) is 18.0 Å². The van der Waals surface area contributed by atoms with Crippen LogP contribution < -0.4 is 19.1 Å². The zero-order chi connectivity index (χ0) is 23.8. The average Bonchev–Trinajstić information content (AvgIpc) is 2.81. The van der Waals surface area contributed by atoms with Crippen LogP contribution in [-0.4, -0.2) is 34.2 Å². The van der Waals surface area contributed by atoms with E-state index in [9.17, 15) is 13.2 Å². The molecule has 0 heterocycles.